The summed E-state index contributed by atoms with van der Waals surface area (Å²) in [5, 5.41) is 1.58. The number of halogens is 3. The molecule has 1 N–H and O–H groups in total. The van der Waals surface area contributed by atoms with Gasteiger partial charge in [0.1, 0.15) is 0 Å². The van der Waals surface area contributed by atoms with Crippen LogP contribution in [0, 0.1) is 0 Å². The molecular formula is C28H27F3N4O3. The van der Waals surface area contributed by atoms with Crippen LogP contribution in [0.3, 0.4) is 0 Å². The normalized spacial score (nSPS) is 13.7. The Balaban J connectivity index is 1.42. The van der Waals surface area contributed by atoms with Crippen LogP contribution in [0.4, 0.5) is 29.3 Å². The molecule has 3 aromatic carbocycles. The molecule has 1 aliphatic heterocycles. The van der Waals surface area contributed by atoms with Gasteiger partial charge in [-0.15, -0.1) is 0 Å². The standard InChI is InChI=1S/C28H27F3N4O3/c29-28(30,31)26(37)32-19-25(36)22-13-11-21(12-14-22)20-35(24-9-5-2-6-10-24)27(38)34-17-15-33(16-18-34)23-7-3-1-4-8-23/h1-14H,15-20H2,(H,32,37). The topological polar surface area (TPSA) is 73.0 Å². The predicted octanol–water partition coefficient (Wildman–Crippen LogP) is 4.50. The average Bonchev–Trinajstić information content (AvgIpc) is 2.95. The van der Waals surface area contributed by atoms with E-state index in [-0.39, 0.29) is 18.1 Å². The molecule has 0 saturated carbocycles. The van der Waals surface area contributed by atoms with Crippen molar-refractivity contribution in [2.24, 2.45) is 0 Å². The maximum Gasteiger partial charge on any atom is 0.471 e. The van der Waals surface area contributed by atoms with E-state index >= 15 is 0 Å². The van der Waals surface area contributed by atoms with E-state index in [0.717, 1.165) is 16.9 Å². The molecule has 10 heteroatoms. The summed E-state index contributed by atoms with van der Waals surface area (Å²) in [6.45, 7) is 2.02. The Labute approximate surface area is 218 Å². The minimum Gasteiger partial charge on any atom is -0.368 e. The zero-order valence-corrected chi connectivity index (χ0v) is 20.5. The SMILES string of the molecule is O=C(CNC(=O)C(F)(F)F)c1ccc(CN(C(=O)N2CCN(c3ccccc3)CC2)c2ccccc2)cc1. The van der Waals surface area contributed by atoms with Gasteiger partial charge in [-0.25, -0.2) is 4.79 Å². The van der Waals surface area contributed by atoms with E-state index in [1.165, 1.54) is 12.1 Å². The number of anilines is 2. The third-order valence-electron chi connectivity index (χ3n) is 6.25. The number of Topliss-reactive ketones (excluding diaryl/α,β-unsaturated/α-hetero) is 1. The summed E-state index contributed by atoms with van der Waals surface area (Å²) in [5.41, 5.74) is 2.73. The van der Waals surface area contributed by atoms with E-state index in [9.17, 15) is 27.6 Å². The number of rotatable bonds is 7. The molecule has 1 saturated heterocycles. The number of ketones is 1. The lowest BCUT2D eigenvalue weighted by Gasteiger charge is -2.38. The van der Waals surface area contributed by atoms with Gasteiger partial charge in [0.15, 0.2) is 5.78 Å². The molecule has 0 unspecified atom stereocenters. The van der Waals surface area contributed by atoms with E-state index in [1.807, 2.05) is 65.6 Å². The number of urea groups is 1. The van der Waals surface area contributed by atoms with E-state index in [1.54, 1.807) is 22.3 Å². The number of amides is 3. The van der Waals surface area contributed by atoms with Crippen molar-refractivity contribution in [1.82, 2.24) is 10.2 Å². The summed E-state index contributed by atoms with van der Waals surface area (Å²) in [6, 6.07) is 25.4. The van der Waals surface area contributed by atoms with E-state index in [2.05, 4.69) is 4.90 Å². The van der Waals surface area contributed by atoms with Crippen LogP contribution in [0.5, 0.6) is 0 Å². The lowest BCUT2D eigenvalue weighted by atomic mass is 10.1. The summed E-state index contributed by atoms with van der Waals surface area (Å²) < 4.78 is 37.1. The number of benzene rings is 3. The zero-order valence-electron chi connectivity index (χ0n) is 20.5. The number of hydrogen-bond donors (Lipinski definition) is 1. The number of hydrogen-bond acceptors (Lipinski definition) is 4. The first kappa shape index (κ1) is 26.7. The Morgan fingerprint density at radius 2 is 1.37 bits per heavy atom. The molecule has 0 atom stereocenters. The Morgan fingerprint density at radius 1 is 0.789 bits per heavy atom. The van der Waals surface area contributed by atoms with Crippen molar-refractivity contribution in [1.29, 1.82) is 0 Å². The largest absolute Gasteiger partial charge is 0.471 e. The van der Waals surface area contributed by atoms with Crippen molar-refractivity contribution < 1.29 is 27.6 Å². The molecule has 3 amide bonds. The summed E-state index contributed by atoms with van der Waals surface area (Å²) in [5.74, 6) is -2.81. The summed E-state index contributed by atoms with van der Waals surface area (Å²) in [6.07, 6.45) is -5.05. The number of nitrogens with zero attached hydrogens (tertiary/aromatic N) is 3. The van der Waals surface area contributed by atoms with Crippen LogP contribution in [-0.4, -0.2) is 61.5 Å². The number of alkyl halides is 3. The van der Waals surface area contributed by atoms with Crippen LogP contribution >= 0.6 is 0 Å². The van der Waals surface area contributed by atoms with Crippen LogP contribution in [-0.2, 0) is 11.3 Å². The Bertz CT molecular complexity index is 1240. The highest BCUT2D eigenvalue weighted by molar-refractivity contribution is 6.00. The van der Waals surface area contributed by atoms with Gasteiger partial charge in [0, 0.05) is 43.1 Å². The second-order valence-electron chi connectivity index (χ2n) is 8.81. The minimum absolute atomic E-state index is 0.140. The van der Waals surface area contributed by atoms with Crippen LogP contribution in [0.15, 0.2) is 84.9 Å². The smallest absolute Gasteiger partial charge is 0.368 e. The van der Waals surface area contributed by atoms with Crippen molar-refractivity contribution in [3.63, 3.8) is 0 Å². The fourth-order valence-corrected chi connectivity index (χ4v) is 4.18. The molecule has 7 nitrogen and oxygen atoms in total. The first-order valence-electron chi connectivity index (χ1n) is 12.1. The highest BCUT2D eigenvalue weighted by Gasteiger charge is 2.38. The van der Waals surface area contributed by atoms with Gasteiger partial charge in [0.25, 0.3) is 0 Å². The van der Waals surface area contributed by atoms with Crippen LogP contribution < -0.4 is 15.1 Å². The number of carbonyl (C=O) groups excluding carboxylic acids is 3. The van der Waals surface area contributed by atoms with E-state index in [4.69, 9.17) is 0 Å². The van der Waals surface area contributed by atoms with Crippen LogP contribution in [0.1, 0.15) is 15.9 Å². The van der Waals surface area contributed by atoms with E-state index in [0.29, 0.717) is 26.2 Å². The molecule has 198 valence electrons. The highest BCUT2D eigenvalue weighted by atomic mass is 19.4. The molecule has 1 heterocycles. The maximum absolute atomic E-state index is 13.6. The fourth-order valence-electron chi connectivity index (χ4n) is 4.18. The molecule has 0 radical (unpaired) electrons. The third kappa shape index (κ3) is 6.70. The number of nitrogens with one attached hydrogen (secondary N) is 1. The highest BCUT2D eigenvalue weighted by Crippen LogP contribution is 2.22. The van der Waals surface area contributed by atoms with Gasteiger partial charge < -0.3 is 15.1 Å². The first-order chi connectivity index (χ1) is 18.2. The van der Waals surface area contributed by atoms with Gasteiger partial charge in [0.2, 0.25) is 0 Å². The molecule has 4 rings (SSSR count). The quantitative estimate of drug-likeness (QED) is 0.462. The Hall–Kier alpha value is -4.34. The molecule has 0 aromatic heterocycles. The zero-order chi connectivity index (χ0) is 27.1. The fraction of sp³-hybridized carbons (Fsp3) is 0.250. The van der Waals surface area contributed by atoms with E-state index < -0.39 is 24.4 Å². The van der Waals surface area contributed by atoms with Gasteiger partial charge in [-0.05, 0) is 29.8 Å². The van der Waals surface area contributed by atoms with Gasteiger partial charge in [-0.2, -0.15) is 13.2 Å². The molecule has 1 aliphatic rings. The molecule has 1 fully saturated rings. The van der Waals surface area contributed by atoms with Crippen molar-refractivity contribution >= 4 is 29.1 Å². The number of piperazine rings is 1. The van der Waals surface area contributed by atoms with Gasteiger partial charge in [0.05, 0.1) is 13.1 Å². The lowest BCUT2D eigenvalue weighted by Crippen LogP contribution is -2.53. The predicted molar refractivity (Wildman–Crippen MR) is 138 cm³/mol. The second-order valence-corrected chi connectivity index (χ2v) is 8.81. The molecule has 38 heavy (non-hydrogen) atoms. The molecule has 3 aromatic rings. The van der Waals surface area contributed by atoms with Crippen molar-refractivity contribution in [3.8, 4) is 0 Å². The monoisotopic (exact) mass is 524 g/mol. The maximum atomic E-state index is 13.6. The van der Waals surface area contributed by atoms with Gasteiger partial charge in [-0.1, -0.05) is 60.7 Å². The molecule has 0 spiro atoms. The average molecular weight is 525 g/mol. The summed E-state index contributed by atoms with van der Waals surface area (Å²) in [4.78, 5) is 42.5. The molecule has 0 aliphatic carbocycles. The lowest BCUT2D eigenvalue weighted by molar-refractivity contribution is -0.173. The second kappa shape index (κ2) is 11.8. The minimum atomic E-state index is -5.05. The third-order valence-corrected chi connectivity index (χ3v) is 6.25. The Morgan fingerprint density at radius 3 is 1.95 bits per heavy atom. The van der Waals surface area contributed by atoms with Crippen LogP contribution in [0.25, 0.3) is 0 Å². The first-order valence-corrected chi connectivity index (χ1v) is 12.1. The number of carbonyl (C=O) groups is 3. The summed E-state index contributed by atoms with van der Waals surface area (Å²) in [7, 11) is 0. The van der Waals surface area contributed by atoms with Crippen LogP contribution in [0.2, 0.25) is 0 Å². The summed E-state index contributed by atoms with van der Waals surface area (Å²) >= 11 is 0. The number of para-hydroxylation sites is 2. The van der Waals surface area contributed by atoms with Crippen molar-refractivity contribution in [2.45, 2.75) is 12.7 Å². The molecular weight excluding hydrogens is 497 g/mol. The van der Waals surface area contributed by atoms with Gasteiger partial charge >= 0.3 is 18.1 Å². The van der Waals surface area contributed by atoms with Gasteiger partial charge in [-0.3, -0.25) is 14.5 Å². The van der Waals surface area contributed by atoms with Crippen molar-refractivity contribution in [2.75, 3.05) is 42.5 Å². The van der Waals surface area contributed by atoms with Crippen molar-refractivity contribution in [3.05, 3.63) is 96.1 Å². The Kier molecular flexibility index (Phi) is 8.30. The molecule has 0 bridgehead atoms.